The zero-order valence-corrected chi connectivity index (χ0v) is 12.0. The number of hydrogen-bond donors (Lipinski definition) is 1. The van der Waals surface area contributed by atoms with E-state index in [4.69, 9.17) is 5.73 Å². The molecule has 0 atom stereocenters. The molecule has 1 amide bonds. The minimum absolute atomic E-state index is 0.227. The van der Waals surface area contributed by atoms with Crippen LogP contribution < -0.4 is 5.73 Å². The van der Waals surface area contributed by atoms with Gasteiger partial charge < -0.3 is 5.73 Å². The maximum atomic E-state index is 10.7. The summed E-state index contributed by atoms with van der Waals surface area (Å²) in [4.78, 5) is 14.9. The topological polar surface area (TPSA) is 56.0 Å². The molecule has 2 aromatic rings. The van der Waals surface area contributed by atoms with Crippen molar-refractivity contribution < 1.29 is 4.79 Å². The molecule has 0 unspecified atom stereocenters. The van der Waals surface area contributed by atoms with Gasteiger partial charge in [-0.3, -0.25) is 9.78 Å². The van der Waals surface area contributed by atoms with Gasteiger partial charge in [0.15, 0.2) is 0 Å². The summed E-state index contributed by atoms with van der Waals surface area (Å²) < 4.78 is 0. The van der Waals surface area contributed by atoms with E-state index in [1.54, 1.807) is 6.20 Å². The van der Waals surface area contributed by atoms with Crippen LogP contribution >= 0.6 is 0 Å². The third-order valence-electron chi connectivity index (χ3n) is 3.28. The third-order valence-corrected chi connectivity index (χ3v) is 3.28. The van der Waals surface area contributed by atoms with E-state index in [9.17, 15) is 4.79 Å². The highest BCUT2D eigenvalue weighted by molar-refractivity contribution is 5.79. The van der Waals surface area contributed by atoms with Crippen molar-refractivity contribution in [3.8, 4) is 0 Å². The van der Waals surface area contributed by atoms with Crippen LogP contribution in [0.3, 0.4) is 0 Å². The highest BCUT2D eigenvalue weighted by atomic mass is 16.1. The predicted octanol–water partition coefficient (Wildman–Crippen LogP) is 3.56. The first-order valence-corrected chi connectivity index (χ1v) is 7.21. The first kappa shape index (κ1) is 15.0. The van der Waals surface area contributed by atoms with Crippen molar-refractivity contribution in [1.82, 2.24) is 4.98 Å². The zero-order chi connectivity index (χ0) is 14.9. The van der Waals surface area contributed by atoms with E-state index < -0.39 is 0 Å². The minimum atomic E-state index is -0.227. The van der Waals surface area contributed by atoms with Gasteiger partial charge in [0, 0.05) is 24.4 Å². The van der Waals surface area contributed by atoms with Crippen LogP contribution in [0.5, 0.6) is 0 Å². The van der Waals surface area contributed by atoms with Crippen LogP contribution in [0.15, 0.2) is 60.9 Å². The third kappa shape index (κ3) is 4.88. The molecule has 3 nitrogen and oxygen atoms in total. The number of rotatable bonds is 7. The Balaban J connectivity index is 2.11. The zero-order valence-electron chi connectivity index (χ0n) is 12.0. The van der Waals surface area contributed by atoms with Gasteiger partial charge in [0.1, 0.15) is 0 Å². The van der Waals surface area contributed by atoms with E-state index in [1.165, 1.54) is 11.1 Å². The average Bonchev–Trinajstić information content (AvgIpc) is 2.52. The van der Waals surface area contributed by atoms with E-state index in [2.05, 4.69) is 29.3 Å². The second-order valence-electron chi connectivity index (χ2n) is 4.94. The van der Waals surface area contributed by atoms with Crippen LogP contribution in [0.2, 0.25) is 0 Å². The smallest absolute Gasteiger partial charge is 0.217 e. The second-order valence-corrected chi connectivity index (χ2v) is 4.94. The van der Waals surface area contributed by atoms with Crippen molar-refractivity contribution in [2.24, 2.45) is 5.73 Å². The standard InChI is InChI=1S/C18H20N2O/c19-18(21)12-6-2-5-11-17(15-8-3-1-4-9-15)16-10-7-13-20-14-16/h1,3-4,7-11,13-14H,2,5-6,12H2,(H2,19,21)/b17-11+. The van der Waals surface area contributed by atoms with Gasteiger partial charge in [-0.25, -0.2) is 0 Å². The van der Waals surface area contributed by atoms with Crippen LogP contribution in [0.1, 0.15) is 36.8 Å². The fourth-order valence-corrected chi connectivity index (χ4v) is 2.23. The summed E-state index contributed by atoms with van der Waals surface area (Å²) in [6, 6.07) is 14.3. The molecule has 0 aliphatic heterocycles. The molecule has 108 valence electrons. The Kier molecular flexibility index (Phi) is 5.71. The van der Waals surface area contributed by atoms with Gasteiger partial charge in [-0.1, -0.05) is 42.5 Å². The number of carbonyl (C=O) groups is 1. The molecular weight excluding hydrogens is 260 g/mol. The first-order valence-electron chi connectivity index (χ1n) is 7.21. The van der Waals surface area contributed by atoms with Gasteiger partial charge in [0.2, 0.25) is 5.91 Å². The number of pyridine rings is 1. The van der Waals surface area contributed by atoms with Crippen molar-refractivity contribution in [3.05, 3.63) is 72.1 Å². The van der Waals surface area contributed by atoms with Crippen LogP contribution in [-0.2, 0) is 4.79 Å². The van der Waals surface area contributed by atoms with Gasteiger partial charge in [-0.2, -0.15) is 0 Å². The summed E-state index contributed by atoms with van der Waals surface area (Å²) >= 11 is 0. The lowest BCUT2D eigenvalue weighted by Crippen LogP contribution is -2.09. The van der Waals surface area contributed by atoms with Crippen LogP contribution in [0.25, 0.3) is 5.57 Å². The number of carbonyl (C=O) groups excluding carboxylic acids is 1. The molecule has 0 radical (unpaired) electrons. The Hall–Kier alpha value is -2.42. The molecule has 3 heteroatoms. The summed E-state index contributed by atoms with van der Waals surface area (Å²) in [7, 11) is 0. The van der Waals surface area contributed by atoms with Crippen molar-refractivity contribution >= 4 is 11.5 Å². The van der Waals surface area contributed by atoms with E-state index in [0.717, 1.165) is 24.8 Å². The van der Waals surface area contributed by atoms with E-state index in [1.807, 2.05) is 30.5 Å². The second kappa shape index (κ2) is 8.00. The maximum Gasteiger partial charge on any atom is 0.217 e. The van der Waals surface area contributed by atoms with Crippen LogP contribution in [0, 0.1) is 0 Å². The van der Waals surface area contributed by atoms with Crippen molar-refractivity contribution in [1.29, 1.82) is 0 Å². The van der Waals surface area contributed by atoms with Gasteiger partial charge >= 0.3 is 0 Å². The van der Waals surface area contributed by atoms with Crippen molar-refractivity contribution in [3.63, 3.8) is 0 Å². The molecule has 0 spiro atoms. The Morgan fingerprint density at radius 1 is 1.05 bits per heavy atom. The number of allylic oxidation sites excluding steroid dienone is 1. The number of nitrogens with zero attached hydrogens (tertiary/aromatic N) is 1. The van der Waals surface area contributed by atoms with Crippen molar-refractivity contribution in [2.75, 3.05) is 0 Å². The Morgan fingerprint density at radius 2 is 1.81 bits per heavy atom. The lowest BCUT2D eigenvalue weighted by Gasteiger charge is -2.08. The van der Waals surface area contributed by atoms with Gasteiger partial charge in [0.25, 0.3) is 0 Å². The summed E-state index contributed by atoms with van der Waals surface area (Å²) in [6.45, 7) is 0. The molecule has 0 saturated heterocycles. The number of unbranched alkanes of at least 4 members (excludes halogenated alkanes) is 2. The molecule has 0 saturated carbocycles. The Morgan fingerprint density at radius 3 is 2.48 bits per heavy atom. The lowest BCUT2D eigenvalue weighted by molar-refractivity contribution is -0.118. The molecule has 2 N–H and O–H groups in total. The summed E-state index contributed by atoms with van der Waals surface area (Å²) in [6.07, 6.45) is 9.04. The molecule has 1 aromatic carbocycles. The molecule has 0 aliphatic carbocycles. The monoisotopic (exact) mass is 280 g/mol. The average molecular weight is 280 g/mol. The number of primary amides is 1. The SMILES string of the molecule is NC(=O)CCCC/C=C(\c1ccccc1)c1cccnc1. The van der Waals surface area contributed by atoms with Gasteiger partial charge in [-0.15, -0.1) is 0 Å². The fraction of sp³-hybridized carbons (Fsp3) is 0.222. The number of amides is 1. The molecule has 0 bridgehead atoms. The largest absolute Gasteiger partial charge is 0.370 e. The molecule has 2 rings (SSSR count). The number of nitrogens with two attached hydrogens (primary N) is 1. The molecule has 0 aliphatic rings. The van der Waals surface area contributed by atoms with E-state index in [-0.39, 0.29) is 5.91 Å². The predicted molar refractivity (Wildman–Crippen MR) is 85.4 cm³/mol. The first-order chi connectivity index (χ1) is 10.3. The quantitative estimate of drug-likeness (QED) is 0.788. The minimum Gasteiger partial charge on any atom is -0.370 e. The Bertz CT molecular complexity index is 550. The molecule has 1 heterocycles. The normalized spacial score (nSPS) is 11.3. The number of hydrogen-bond acceptors (Lipinski definition) is 2. The maximum absolute atomic E-state index is 10.7. The fourth-order valence-electron chi connectivity index (χ4n) is 2.23. The molecule has 21 heavy (non-hydrogen) atoms. The molecular formula is C18H20N2O. The summed E-state index contributed by atoms with van der Waals surface area (Å²) in [5, 5.41) is 0. The van der Waals surface area contributed by atoms with Gasteiger partial charge in [-0.05, 0) is 36.5 Å². The van der Waals surface area contributed by atoms with Crippen molar-refractivity contribution in [2.45, 2.75) is 25.7 Å². The number of aromatic nitrogens is 1. The van der Waals surface area contributed by atoms with E-state index in [0.29, 0.717) is 6.42 Å². The number of benzene rings is 1. The highest BCUT2D eigenvalue weighted by Gasteiger charge is 2.04. The molecule has 1 aromatic heterocycles. The summed E-state index contributed by atoms with van der Waals surface area (Å²) in [5.41, 5.74) is 8.63. The summed E-state index contributed by atoms with van der Waals surface area (Å²) in [5.74, 6) is -0.227. The van der Waals surface area contributed by atoms with Crippen LogP contribution in [-0.4, -0.2) is 10.9 Å². The van der Waals surface area contributed by atoms with Crippen LogP contribution in [0.4, 0.5) is 0 Å². The highest BCUT2D eigenvalue weighted by Crippen LogP contribution is 2.23. The van der Waals surface area contributed by atoms with Gasteiger partial charge in [0.05, 0.1) is 0 Å². The Labute approximate surface area is 125 Å². The molecule has 0 fully saturated rings. The lowest BCUT2D eigenvalue weighted by atomic mass is 9.97. The van der Waals surface area contributed by atoms with E-state index >= 15 is 0 Å².